The van der Waals surface area contributed by atoms with E-state index >= 15 is 0 Å². The molecule has 1 saturated heterocycles. The number of benzene rings is 1. The molecule has 1 aliphatic heterocycles. The fourth-order valence-electron chi connectivity index (χ4n) is 4.54. The number of carbonyl (C=O) groups is 1. The third-order valence-electron chi connectivity index (χ3n) is 7.48. The van der Waals surface area contributed by atoms with Crippen LogP contribution in [0, 0.1) is 28.4 Å². The van der Waals surface area contributed by atoms with Crippen molar-refractivity contribution < 1.29 is 18.3 Å². The van der Waals surface area contributed by atoms with Gasteiger partial charge in [0.15, 0.2) is 11.6 Å². The van der Waals surface area contributed by atoms with E-state index in [1.165, 1.54) is 6.07 Å². The number of hydrogen-bond acceptors (Lipinski definition) is 7. The molecule has 224 valence electrons. The van der Waals surface area contributed by atoms with E-state index in [0.29, 0.717) is 31.1 Å². The summed E-state index contributed by atoms with van der Waals surface area (Å²) in [4.78, 5) is 29.3. The molecule has 2 N–H and O–H groups in total. The Morgan fingerprint density at radius 2 is 2.05 bits per heavy atom. The number of likely N-dealkylation sites (tertiary alicyclic amines) is 1. The van der Waals surface area contributed by atoms with Crippen molar-refractivity contribution >= 4 is 28.9 Å². The number of aromatic amines is 1. The number of fused-ring (bicyclic) bond motifs is 1. The fourth-order valence-corrected chi connectivity index (χ4v) is 4.54. The van der Waals surface area contributed by atoms with Crippen LogP contribution in [-0.4, -0.2) is 64.9 Å². The Hall–Kier alpha value is -4.17. The number of hydrogen-bond donors (Lipinski definition) is 2. The van der Waals surface area contributed by atoms with Crippen LogP contribution in [0.25, 0.3) is 16.6 Å². The third-order valence-corrected chi connectivity index (χ3v) is 7.48. The molecule has 0 saturated carbocycles. The van der Waals surface area contributed by atoms with Gasteiger partial charge in [-0.15, -0.1) is 0 Å². The van der Waals surface area contributed by atoms with E-state index in [4.69, 9.17) is 10.00 Å². The smallest absolute Gasteiger partial charge is 0.410 e. The lowest BCUT2D eigenvalue weighted by Crippen LogP contribution is -2.47. The first-order valence-electron chi connectivity index (χ1n) is 14.1. The molecule has 1 aromatic carbocycles. The number of rotatable bonds is 9. The van der Waals surface area contributed by atoms with Gasteiger partial charge in [-0.05, 0) is 55.4 Å². The average Bonchev–Trinajstić information content (AvgIpc) is 3.49. The Morgan fingerprint density at radius 1 is 1.29 bits per heavy atom. The van der Waals surface area contributed by atoms with Crippen molar-refractivity contribution in [3.05, 3.63) is 65.8 Å². The normalized spacial score (nSPS) is 15.6. The molecule has 1 fully saturated rings. The van der Waals surface area contributed by atoms with Gasteiger partial charge in [0.2, 0.25) is 0 Å². The molecule has 3 heterocycles. The van der Waals surface area contributed by atoms with Gasteiger partial charge in [-0.2, -0.15) is 5.26 Å². The second-order valence-corrected chi connectivity index (χ2v) is 10.5. The molecule has 9 nitrogen and oxygen atoms in total. The van der Waals surface area contributed by atoms with E-state index in [-0.39, 0.29) is 12.0 Å². The summed E-state index contributed by atoms with van der Waals surface area (Å²) < 4.78 is 31.3. The number of nitriles is 1. The third kappa shape index (κ3) is 8.91. The summed E-state index contributed by atoms with van der Waals surface area (Å²) in [6.07, 6.45) is 9.84. The van der Waals surface area contributed by atoms with Crippen LogP contribution in [0.2, 0.25) is 0 Å². The van der Waals surface area contributed by atoms with Crippen LogP contribution in [0.5, 0.6) is 0 Å². The second kappa shape index (κ2) is 15.7. The highest BCUT2D eigenvalue weighted by atomic mass is 19.2. The van der Waals surface area contributed by atoms with Crippen LogP contribution in [-0.2, 0) is 11.3 Å². The quantitative estimate of drug-likeness (QED) is 0.298. The number of allylic oxidation sites excluding steroid dienone is 2. The van der Waals surface area contributed by atoms with Crippen LogP contribution in [0.4, 0.5) is 13.6 Å². The maximum absolute atomic E-state index is 13.2. The molecule has 0 bridgehead atoms. The highest BCUT2D eigenvalue weighted by molar-refractivity contribution is 6.13. The van der Waals surface area contributed by atoms with E-state index in [1.807, 2.05) is 25.3 Å². The minimum Gasteiger partial charge on any atom is -0.445 e. The number of aliphatic imine (C=N–C) groups is 1. The van der Waals surface area contributed by atoms with Gasteiger partial charge in [-0.3, -0.25) is 4.99 Å². The van der Waals surface area contributed by atoms with E-state index < -0.39 is 17.7 Å². The van der Waals surface area contributed by atoms with Gasteiger partial charge < -0.3 is 19.9 Å². The van der Waals surface area contributed by atoms with Gasteiger partial charge in [-0.25, -0.2) is 23.5 Å². The molecule has 2 aromatic heterocycles. The molecule has 0 radical (unpaired) electrons. The Kier molecular flexibility index (Phi) is 12.1. The summed E-state index contributed by atoms with van der Waals surface area (Å²) in [5, 5.41) is 13.5. The fraction of sp³-hybridized carbons (Fsp3) is 0.452. The molecular weight excluding hydrogens is 540 g/mol. The summed E-state index contributed by atoms with van der Waals surface area (Å²) in [6.45, 7) is 8.01. The van der Waals surface area contributed by atoms with Crippen molar-refractivity contribution in [3.8, 4) is 6.07 Å². The van der Waals surface area contributed by atoms with E-state index in [1.54, 1.807) is 24.5 Å². The summed E-state index contributed by atoms with van der Waals surface area (Å²) in [6, 6.07) is 7.98. The highest BCUT2D eigenvalue weighted by Gasteiger charge is 2.27. The first-order chi connectivity index (χ1) is 20.2. The van der Waals surface area contributed by atoms with Gasteiger partial charge in [0.1, 0.15) is 18.6 Å². The van der Waals surface area contributed by atoms with E-state index in [9.17, 15) is 13.6 Å². The average molecular weight is 580 g/mol. The number of carbonyl (C=O) groups excluding carboxylic acids is 1. The molecule has 4 rings (SSSR count). The number of H-pyrrole nitrogens is 1. The largest absolute Gasteiger partial charge is 0.445 e. The Bertz CT molecular complexity index is 1420. The topological polar surface area (TPSA) is 119 Å². The monoisotopic (exact) mass is 579 g/mol. The standard InChI is InChI=1S/C20H27F2N3O2.C11H12N4/c1-3-20(2,8-9-23)14-24-16-6-10-25(11-7-16)19(26)27-13-15-4-5-17(21)18(22)12-15;1-3-8(6-12-2)10-9-4-5-13-11(9)15-7-14-10/h4-5,12,16,24H,3,6-8,10-11,13-14H2,1-2H3;3-7H,1-2H3,(H,13,14,15)/b;8-3+,12-6?. The Morgan fingerprint density at radius 3 is 2.69 bits per heavy atom. The molecule has 0 spiro atoms. The minimum absolute atomic E-state index is 0.0325. The first kappa shape index (κ1) is 32.3. The predicted octanol–water partition coefficient (Wildman–Crippen LogP) is 6.05. The summed E-state index contributed by atoms with van der Waals surface area (Å²) >= 11 is 0. The molecule has 1 amide bonds. The van der Waals surface area contributed by atoms with Crippen LogP contribution >= 0.6 is 0 Å². The van der Waals surface area contributed by atoms with Crippen LogP contribution in [0.3, 0.4) is 0 Å². The lowest BCUT2D eigenvalue weighted by Gasteiger charge is -2.34. The zero-order valence-corrected chi connectivity index (χ0v) is 24.7. The molecule has 3 aromatic rings. The van der Waals surface area contributed by atoms with Crippen LogP contribution in [0.15, 0.2) is 47.9 Å². The van der Waals surface area contributed by atoms with Gasteiger partial charge >= 0.3 is 6.09 Å². The number of ether oxygens (including phenoxy) is 1. The number of nitrogens with one attached hydrogen (secondary N) is 2. The molecule has 1 unspecified atom stereocenters. The number of amides is 1. The van der Waals surface area contributed by atoms with Gasteiger partial charge in [0.25, 0.3) is 0 Å². The van der Waals surface area contributed by atoms with Gasteiger partial charge in [0, 0.05) is 62.5 Å². The van der Waals surface area contributed by atoms with Crippen molar-refractivity contribution in [1.82, 2.24) is 25.2 Å². The van der Waals surface area contributed by atoms with Crippen LogP contribution < -0.4 is 5.32 Å². The maximum atomic E-state index is 13.2. The summed E-state index contributed by atoms with van der Waals surface area (Å²) in [5.41, 5.74) is 3.15. The van der Waals surface area contributed by atoms with E-state index in [2.05, 4.69) is 45.2 Å². The van der Waals surface area contributed by atoms with Crippen molar-refractivity contribution in [2.24, 2.45) is 10.4 Å². The van der Waals surface area contributed by atoms with E-state index in [0.717, 1.165) is 60.2 Å². The van der Waals surface area contributed by atoms with Crippen molar-refractivity contribution in [1.29, 1.82) is 5.26 Å². The molecule has 42 heavy (non-hydrogen) atoms. The number of halogens is 2. The van der Waals surface area contributed by atoms with Crippen molar-refractivity contribution in [2.45, 2.75) is 59.1 Å². The lowest BCUT2D eigenvalue weighted by molar-refractivity contribution is 0.0842. The van der Waals surface area contributed by atoms with Gasteiger partial charge in [0.05, 0.1) is 11.8 Å². The highest BCUT2D eigenvalue weighted by Crippen LogP contribution is 2.25. The zero-order valence-electron chi connectivity index (χ0n) is 24.7. The minimum atomic E-state index is -0.953. The predicted molar refractivity (Wildman–Crippen MR) is 160 cm³/mol. The van der Waals surface area contributed by atoms with Crippen molar-refractivity contribution in [3.63, 3.8) is 0 Å². The first-order valence-corrected chi connectivity index (χ1v) is 14.1. The summed E-state index contributed by atoms with van der Waals surface area (Å²) in [7, 11) is 1.75. The number of aromatic nitrogens is 3. The Balaban J connectivity index is 0.000000271. The van der Waals surface area contributed by atoms with Crippen molar-refractivity contribution in [2.75, 3.05) is 26.7 Å². The maximum Gasteiger partial charge on any atom is 0.410 e. The van der Waals surface area contributed by atoms with Gasteiger partial charge in [-0.1, -0.05) is 26.0 Å². The molecular formula is C31H39F2N7O2. The summed E-state index contributed by atoms with van der Waals surface area (Å²) in [5.74, 6) is -1.88. The molecule has 0 aliphatic carbocycles. The molecule has 1 atom stereocenters. The lowest BCUT2D eigenvalue weighted by atomic mass is 9.84. The van der Waals surface area contributed by atoms with Crippen LogP contribution in [0.1, 0.15) is 57.7 Å². The zero-order chi connectivity index (χ0) is 30.5. The SMILES string of the molecule is C/C=C(\C=NC)c1ncnc2[nH]ccc12.CCC(C)(CC#N)CNC1CCN(C(=O)OCc2ccc(F)c(F)c2)CC1. The molecule has 1 aliphatic rings. The Labute approximate surface area is 245 Å². The number of piperidine rings is 1. The second-order valence-electron chi connectivity index (χ2n) is 10.5. The number of nitrogens with zero attached hydrogens (tertiary/aromatic N) is 5. The molecule has 11 heteroatoms.